The van der Waals surface area contributed by atoms with Crippen LogP contribution in [0.2, 0.25) is 0 Å². The summed E-state index contributed by atoms with van der Waals surface area (Å²) in [5.41, 5.74) is 3.45. The van der Waals surface area contributed by atoms with Crippen molar-refractivity contribution in [2.24, 2.45) is 0 Å². The second-order valence-corrected chi connectivity index (χ2v) is 7.73. The van der Waals surface area contributed by atoms with Gasteiger partial charge in [-0.25, -0.2) is 0 Å². The van der Waals surface area contributed by atoms with Crippen LogP contribution >= 0.6 is 0 Å². The van der Waals surface area contributed by atoms with Gasteiger partial charge in [0.05, 0.1) is 19.8 Å². The molecule has 0 amide bonds. The number of benzene rings is 1. The molecule has 0 aliphatic rings. The van der Waals surface area contributed by atoms with E-state index < -0.39 is 5.60 Å². The average Bonchev–Trinajstić information content (AvgIpc) is 2.58. The quantitative estimate of drug-likeness (QED) is 0.502. The molecule has 0 radical (unpaired) electrons. The molecule has 3 nitrogen and oxygen atoms in total. The van der Waals surface area contributed by atoms with Crippen LogP contribution in [0.5, 0.6) is 11.5 Å². The van der Waals surface area contributed by atoms with Gasteiger partial charge in [0.25, 0.3) is 0 Å². The van der Waals surface area contributed by atoms with Crippen molar-refractivity contribution in [1.29, 1.82) is 0 Å². The van der Waals surface area contributed by atoms with Gasteiger partial charge in [-0.1, -0.05) is 23.3 Å². The van der Waals surface area contributed by atoms with Crippen LogP contribution in [0.25, 0.3) is 0 Å². The number of ether oxygens (including phenoxy) is 2. The SMILES string of the molecule is COc1cc(C/C=C(\C)CC/C=C(\C)CCCC(C)(C)O)cc(OC)c1. The highest BCUT2D eigenvalue weighted by Crippen LogP contribution is 2.23. The van der Waals surface area contributed by atoms with Crippen molar-refractivity contribution in [3.8, 4) is 11.5 Å². The maximum atomic E-state index is 9.76. The molecule has 0 unspecified atom stereocenters. The van der Waals surface area contributed by atoms with Crippen LogP contribution in [0.15, 0.2) is 41.5 Å². The van der Waals surface area contributed by atoms with E-state index in [-0.39, 0.29) is 0 Å². The smallest absolute Gasteiger partial charge is 0.122 e. The normalized spacial score (nSPS) is 13.0. The standard InChI is InChI=1S/C23H36O3/c1-18(11-8-14-23(3,4)24)9-7-10-19(2)12-13-20-15-21(25-5)17-22(16-20)26-6/h9,12,15-17,24H,7-8,10-11,13-14H2,1-6H3/b18-9+,19-12+. The molecule has 1 aromatic rings. The molecule has 0 atom stereocenters. The lowest BCUT2D eigenvalue weighted by Gasteiger charge is -2.16. The lowest BCUT2D eigenvalue weighted by atomic mass is 9.98. The third-order valence-electron chi connectivity index (χ3n) is 4.49. The molecule has 3 heteroatoms. The fourth-order valence-electron chi connectivity index (χ4n) is 2.83. The van der Waals surface area contributed by atoms with Crippen LogP contribution in [0.1, 0.15) is 65.4 Å². The summed E-state index contributed by atoms with van der Waals surface area (Å²) in [6, 6.07) is 6.00. The first kappa shape index (κ1) is 22.3. The van der Waals surface area contributed by atoms with E-state index in [4.69, 9.17) is 9.47 Å². The topological polar surface area (TPSA) is 38.7 Å². The maximum absolute atomic E-state index is 9.76. The summed E-state index contributed by atoms with van der Waals surface area (Å²) in [6.07, 6.45) is 10.6. The molecule has 0 bridgehead atoms. The number of hydrogen-bond donors (Lipinski definition) is 1. The van der Waals surface area contributed by atoms with E-state index >= 15 is 0 Å². The van der Waals surface area contributed by atoms with Gasteiger partial charge in [-0.3, -0.25) is 0 Å². The highest BCUT2D eigenvalue weighted by molar-refractivity contribution is 5.39. The molecule has 0 heterocycles. The number of aliphatic hydroxyl groups is 1. The van der Waals surface area contributed by atoms with Crippen molar-refractivity contribution >= 4 is 0 Å². The Labute approximate surface area is 159 Å². The Bertz CT molecular complexity index is 584. The second kappa shape index (κ2) is 11.1. The van der Waals surface area contributed by atoms with E-state index in [1.54, 1.807) is 14.2 Å². The lowest BCUT2D eigenvalue weighted by molar-refractivity contribution is 0.0689. The van der Waals surface area contributed by atoms with Gasteiger partial charge < -0.3 is 14.6 Å². The zero-order valence-corrected chi connectivity index (χ0v) is 17.4. The van der Waals surface area contributed by atoms with Crippen LogP contribution in [-0.4, -0.2) is 24.9 Å². The molecule has 1 N–H and O–H groups in total. The van der Waals surface area contributed by atoms with Crippen LogP contribution in [0.4, 0.5) is 0 Å². The predicted molar refractivity (Wildman–Crippen MR) is 110 cm³/mol. The number of hydrogen-bond acceptors (Lipinski definition) is 3. The Kier molecular flexibility index (Phi) is 9.50. The third-order valence-corrected chi connectivity index (χ3v) is 4.49. The number of allylic oxidation sites excluding steroid dienone is 4. The van der Waals surface area contributed by atoms with Crippen molar-refractivity contribution in [2.75, 3.05) is 14.2 Å². The average molecular weight is 361 g/mol. The van der Waals surface area contributed by atoms with Crippen LogP contribution in [-0.2, 0) is 6.42 Å². The lowest BCUT2D eigenvalue weighted by Crippen LogP contribution is -2.17. The zero-order valence-electron chi connectivity index (χ0n) is 17.4. The van der Waals surface area contributed by atoms with Gasteiger partial charge in [0, 0.05) is 6.07 Å². The van der Waals surface area contributed by atoms with Gasteiger partial charge in [0.1, 0.15) is 11.5 Å². The molecule has 0 aromatic heterocycles. The summed E-state index contributed by atoms with van der Waals surface area (Å²) in [5.74, 6) is 1.66. The van der Waals surface area contributed by atoms with E-state index in [1.807, 2.05) is 19.9 Å². The molecule has 0 fully saturated rings. The zero-order chi connectivity index (χ0) is 19.6. The van der Waals surface area contributed by atoms with Gasteiger partial charge in [-0.2, -0.15) is 0 Å². The van der Waals surface area contributed by atoms with Gasteiger partial charge in [0.15, 0.2) is 0 Å². The van der Waals surface area contributed by atoms with Crippen molar-refractivity contribution < 1.29 is 14.6 Å². The monoisotopic (exact) mass is 360 g/mol. The van der Waals surface area contributed by atoms with Gasteiger partial charge in [0.2, 0.25) is 0 Å². The molecule has 0 saturated carbocycles. The molecule has 0 aliphatic heterocycles. The Morgan fingerprint density at radius 3 is 2.08 bits per heavy atom. The Hall–Kier alpha value is -1.74. The first-order chi connectivity index (χ1) is 12.2. The molecule has 1 aromatic carbocycles. The molecule has 146 valence electrons. The Morgan fingerprint density at radius 2 is 1.54 bits per heavy atom. The summed E-state index contributed by atoms with van der Waals surface area (Å²) >= 11 is 0. The molecular weight excluding hydrogens is 324 g/mol. The number of methoxy groups -OCH3 is 2. The highest BCUT2D eigenvalue weighted by Gasteiger charge is 2.11. The Morgan fingerprint density at radius 1 is 0.962 bits per heavy atom. The van der Waals surface area contributed by atoms with Gasteiger partial charge >= 0.3 is 0 Å². The minimum absolute atomic E-state index is 0.553. The minimum Gasteiger partial charge on any atom is -0.497 e. The molecule has 0 saturated heterocycles. The minimum atomic E-state index is -0.553. The van der Waals surface area contributed by atoms with Crippen molar-refractivity contribution in [2.45, 2.75) is 71.8 Å². The van der Waals surface area contributed by atoms with E-state index in [0.29, 0.717) is 0 Å². The second-order valence-electron chi connectivity index (χ2n) is 7.73. The Balaban J connectivity index is 2.45. The predicted octanol–water partition coefficient (Wildman–Crippen LogP) is 5.86. The summed E-state index contributed by atoms with van der Waals surface area (Å²) in [5, 5.41) is 9.76. The van der Waals surface area contributed by atoms with E-state index in [0.717, 1.165) is 50.0 Å². The first-order valence-electron chi connectivity index (χ1n) is 9.49. The van der Waals surface area contributed by atoms with Gasteiger partial charge in [-0.15, -0.1) is 0 Å². The van der Waals surface area contributed by atoms with Crippen LogP contribution in [0.3, 0.4) is 0 Å². The van der Waals surface area contributed by atoms with Crippen molar-refractivity contribution in [1.82, 2.24) is 0 Å². The molecular formula is C23H36O3. The van der Waals surface area contributed by atoms with E-state index in [9.17, 15) is 5.11 Å². The summed E-state index contributed by atoms with van der Waals surface area (Å²) in [7, 11) is 3.35. The highest BCUT2D eigenvalue weighted by atomic mass is 16.5. The largest absolute Gasteiger partial charge is 0.497 e. The summed E-state index contributed by atoms with van der Waals surface area (Å²) in [6.45, 7) is 8.12. The fraction of sp³-hybridized carbons (Fsp3) is 0.565. The van der Waals surface area contributed by atoms with Crippen LogP contribution in [0, 0.1) is 0 Å². The van der Waals surface area contributed by atoms with E-state index in [1.165, 1.54) is 16.7 Å². The third kappa shape index (κ3) is 9.67. The van der Waals surface area contributed by atoms with Crippen LogP contribution < -0.4 is 9.47 Å². The van der Waals surface area contributed by atoms with Gasteiger partial charge in [-0.05, 0) is 83.9 Å². The molecule has 1 rings (SSSR count). The molecule has 0 spiro atoms. The van der Waals surface area contributed by atoms with E-state index in [2.05, 4.69) is 38.1 Å². The van der Waals surface area contributed by atoms with Crippen molar-refractivity contribution in [3.63, 3.8) is 0 Å². The maximum Gasteiger partial charge on any atom is 0.122 e. The van der Waals surface area contributed by atoms with Crippen molar-refractivity contribution in [3.05, 3.63) is 47.1 Å². The first-order valence-corrected chi connectivity index (χ1v) is 9.49. The molecule has 0 aliphatic carbocycles. The summed E-state index contributed by atoms with van der Waals surface area (Å²) in [4.78, 5) is 0. The molecule has 26 heavy (non-hydrogen) atoms. The fourth-order valence-corrected chi connectivity index (χ4v) is 2.83. The summed E-state index contributed by atoms with van der Waals surface area (Å²) < 4.78 is 10.6. The number of rotatable bonds is 11.